The molecule has 134 valence electrons. The van der Waals surface area contributed by atoms with Crippen molar-refractivity contribution in [1.82, 2.24) is 14.8 Å². The highest BCUT2D eigenvalue weighted by Gasteiger charge is 2.24. The maximum absolute atomic E-state index is 13.9. The molecule has 0 N–H and O–H groups in total. The maximum atomic E-state index is 13.9. The molecule has 4 aromatic rings. The molecule has 0 saturated heterocycles. The lowest BCUT2D eigenvalue weighted by Gasteiger charge is -2.05. The zero-order chi connectivity index (χ0) is 18.8. The van der Waals surface area contributed by atoms with Gasteiger partial charge in [-0.2, -0.15) is 0 Å². The SMILES string of the molecule is O=[N+]([O-])c1nc(Oc2ccc3ccccc3c2)n(Cc2ccccc2F)n1. The molecule has 8 heteroatoms. The lowest BCUT2D eigenvalue weighted by Crippen LogP contribution is -2.06. The van der Waals surface area contributed by atoms with Gasteiger partial charge in [-0.1, -0.05) is 48.5 Å². The van der Waals surface area contributed by atoms with Crippen LogP contribution in [0.2, 0.25) is 0 Å². The van der Waals surface area contributed by atoms with Crippen molar-refractivity contribution < 1.29 is 14.1 Å². The molecule has 0 spiro atoms. The second kappa shape index (κ2) is 6.83. The minimum atomic E-state index is -0.717. The second-order valence-electron chi connectivity index (χ2n) is 5.81. The monoisotopic (exact) mass is 364 g/mol. The first-order valence-corrected chi connectivity index (χ1v) is 8.09. The Morgan fingerprint density at radius 2 is 1.78 bits per heavy atom. The smallest absolute Gasteiger partial charge is 0.411 e. The number of ether oxygens (including phenoxy) is 1. The van der Waals surface area contributed by atoms with Crippen LogP contribution in [0.4, 0.5) is 10.3 Å². The predicted molar refractivity (Wildman–Crippen MR) is 96.2 cm³/mol. The Morgan fingerprint density at radius 3 is 2.56 bits per heavy atom. The molecular weight excluding hydrogens is 351 g/mol. The van der Waals surface area contributed by atoms with E-state index in [2.05, 4.69) is 10.1 Å². The molecule has 1 aromatic heterocycles. The summed E-state index contributed by atoms with van der Waals surface area (Å²) < 4.78 is 20.8. The van der Waals surface area contributed by atoms with Crippen LogP contribution in [0.3, 0.4) is 0 Å². The van der Waals surface area contributed by atoms with Gasteiger partial charge in [0.15, 0.2) is 0 Å². The first kappa shape index (κ1) is 16.6. The summed E-state index contributed by atoms with van der Waals surface area (Å²) in [5, 5.41) is 16.9. The molecule has 1 heterocycles. The summed E-state index contributed by atoms with van der Waals surface area (Å²) in [6, 6.07) is 19.2. The number of hydrogen-bond acceptors (Lipinski definition) is 5. The van der Waals surface area contributed by atoms with E-state index in [0.29, 0.717) is 11.3 Å². The first-order chi connectivity index (χ1) is 13.1. The van der Waals surface area contributed by atoms with Crippen molar-refractivity contribution in [1.29, 1.82) is 0 Å². The molecule has 0 amide bonds. The normalized spacial score (nSPS) is 10.9. The van der Waals surface area contributed by atoms with E-state index in [9.17, 15) is 14.5 Å². The molecule has 7 nitrogen and oxygen atoms in total. The number of halogens is 1. The molecule has 0 bridgehead atoms. The Hall–Kier alpha value is -3.81. The molecule has 4 rings (SSSR count). The average molecular weight is 364 g/mol. The van der Waals surface area contributed by atoms with Crippen LogP contribution >= 0.6 is 0 Å². The number of nitrogens with zero attached hydrogens (tertiary/aromatic N) is 4. The van der Waals surface area contributed by atoms with Crippen LogP contribution in [0.15, 0.2) is 66.7 Å². The van der Waals surface area contributed by atoms with Crippen LogP contribution in [0.25, 0.3) is 10.8 Å². The van der Waals surface area contributed by atoms with E-state index in [1.54, 1.807) is 30.3 Å². The van der Waals surface area contributed by atoms with Crippen LogP contribution in [0, 0.1) is 15.9 Å². The summed E-state index contributed by atoms with van der Waals surface area (Å²) in [7, 11) is 0. The standard InChI is InChI=1S/C19H13FN4O3/c20-17-8-4-3-7-15(17)12-23-19(21-18(22-23)24(25)26)27-16-10-9-13-5-1-2-6-14(13)11-16/h1-11H,12H2. The van der Waals surface area contributed by atoms with E-state index in [1.807, 2.05) is 30.3 Å². The number of benzene rings is 3. The highest BCUT2D eigenvalue weighted by Crippen LogP contribution is 2.26. The number of hydrogen-bond donors (Lipinski definition) is 0. The average Bonchev–Trinajstić information content (AvgIpc) is 3.06. The van der Waals surface area contributed by atoms with Crippen molar-refractivity contribution in [3.05, 3.63) is 88.2 Å². The summed E-state index contributed by atoms with van der Waals surface area (Å²) in [6.07, 6.45) is 0. The molecule has 0 aliphatic heterocycles. The van der Waals surface area contributed by atoms with E-state index in [-0.39, 0.29) is 12.6 Å². The molecule has 0 fully saturated rings. The molecule has 27 heavy (non-hydrogen) atoms. The first-order valence-electron chi connectivity index (χ1n) is 8.09. The summed E-state index contributed by atoms with van der Waals surface area (Å²) in [5.41, 5.74) is 0.320. The van der Waals surface area contributed by atoms with Gasteiger partial charge in [-0.25, -0.2) is 4.39 Å². The summed E-state index contributed by atoms with van der Waals surface area (Å²) >= 11 is 0. The van der Waals surface area contributed by atoms with Gasteiger partial charge in [-0.15, -0.1) is 4.68 Å². The molecular formula is C19H13FN4O3. The third kappa shape index (κ3) is 3.45. The van der Waals surface area contributed by atoms with E-state index < -0.39 is 16.7 Å². The number of fused-ring (bicyclic) bond motifs is 1. The van der Waals surface area contributed by atoms with Crippen molar-refractivity contribution in [2.75, 3.05) is 0 Å². The minimum absolute atomic E-state index is 0.0452. The fourth-order valence-corrected chi connectivity index (χ4v) is 2.70. The Morgan fingerprint density at radius 1 is 1.04 bits per heavy atom. The molecule has 0 aliphatic carbocycles. The molecule has 3 aromatic carbocycles. The number of aromatic nitrogens is 3. The second-order valence-corrected chi connectivity index (χ2v) is 5.81. The van der Waals surface area contributed by atoms with Crippen molar-refractivity contribution in [2.24, 2.45) is 0 Å². The van der Waals surface area contributed by atoms with E-state index in [0.717, 1.165) is 10.8 Å². The van der Waals surface area contributed by atoms with Gasteiger partial charge in [0, 0.05) is 10.7 Å². The number of rotatable bonds is 5. The van der Waals surface area contributed by atoms with E-state index in [1.165, 1.54) is 10.7 Å². The fraction of sp³-hybridized carbons (Fsp3) is 0.0526. The fourth-order valence-electron chi connectivity index (χ4n) is 2.70. The van der Waals surface area contributed by atoms with Gasteiger partial charge in [0.25, 0.3) is 0 Å². The molecule has 0 atom stereocenters. The van der Waals surface area contributed by atoms with E-state index in [4.69, 9.17) is 4.74 Å². The topological polar surface area (TPSA) is 83.1 Å². The van der Waals surface area contributed by atoms with Crippen molar-refractivity contribution in [3.8, 4) is 11.8 Å². The highest BCUT2D eigenvalue weighted by molar-refractivity contribution is 5.83. The third-order valence-corrected chi connectivity index (χ3v) is 4.00. The Balaban J connectivity index is 1.70. The van der Waals surface area contributed by atoms with Gasteiger partial charge < -0.3 is 14.9 Å². The van der Waals surface area contributed by atoms with Gasteiger partial charge in [-0.3, -0.25) is 0 Å². The van der Waals surface area contributed by atoms with Crippen LogP contribution in [-0.4, -0.2) is 19.7 Å². The van der Waals surface area contributed by atoms with Crippen molar-refractivity contribution >= 4 is 16.7 Å². The lowest BCUT2D eigenvalue weighted by atomic mass is 10.1. The maximum Gasteiger partial charge on any atom is 0.494 e. The van der Waals surface area contributed by atoms with Gasteiger partial charge in [-0.05, 0) is 38.9 Å². The lowest BCUT2D eigenvalue weighted by molar-refractivity contribution is -0.394. The molecule has 0 radical (unpaired) electrons. The predicted octanol–water partition coefficient (Wildman–Crippen LogP) is 4.32. The van der Waals surface area contributed by atoms with Crippen LogP contribution < -0.4 is 4.74 Å². The Bertz CT molecular complexity index is 1140. The van der Waals surface area contributed by atoms with Gasteiger partial charge in [0.2, 0.25) is 0 Å². The Labute approximate surface area is 152 Å². The highest BCUT2D eigenvalue weighted by atomic mass is 19.1. The van der Waals surface area contributed by atoms with Crippen LogP contribution in [0.1, 0.15) is 5.56 Å². The third-order valence-electron chi connectivity index (χ3n) is 4.00. The van der Waals surface area contributed by atoms with E-state index >= 15 is 0 Å². The quantitative estimate of drug-likeness (QED) is 0.389. The zero-order valence-corrected chi connectivity index (χ0v) is 13.9. The number of nitro groups is 1. The van der Waals surface area contributed by atoms with Crippen LogP contribution in [0.5, 0.6) is 11.8 Å². The van der Waals surface area contributed by atoms with Crippen molar-refractivity contribution in [2.45, 2.75) is 6.54 Å². The minimum Gasteiger partial charge on any atom is -0.411 e. The molecule has 0 unspecified atom stereocenters. The molecule has 0 aliphatic rings. The van der Waals surface area contributed by atoms with Gasteiger partial charge >= 0.3 is 12.0 Å². The van der Waals surface area contributed by atoms with Crippen molar-refractivity contribution in [3.63, 3.8) is 0 Å². The van der Waals surface area contributed by atoms with Gasteiger partial charge in [0.1, 0.15) is 11.6 Å². The summed E-state index contributed by atoms with van der Waals surface area (Å²) in [5.74, 6) is -0.597. The molecule has 0 saturated carbocycles. The van der Waals surface area contributed by atoms with Gasteiger partial charge in [0.05, 0.1) is 6.54 Å². The van der Waals surface area contributed by atoms with Crippen LogP contribution in [-0.2, 0) is 6.54 Å². The summed E-state index contributed by atoms with van der Waals surface area (Å²) in [4.78, 5) is 14.2. The zero-order valence-electron chi connectivity index (χ0n) is 13.9. The largest absolute Gasteiger partial charge is 0.494 e. The summed E-state index contributed by atoms with van der Waals surface area (Å²) in [6.45, 7) is -0.0452. The Kier molecular flexibility index (Phi) is 4.21.